The molecule has 2 rings (SSSR count). The summed E-state index contributed by atoms with van der Waals surface area (Å²) in [4.78, 5) is 7.12. The van der Waals surface area contributed by atoms with Gasteiger partial charge in [-0.25, -0.2) is 4.98 Å². The molecule has 4 heteroatoms. The molecule has 0 bridgehead atoms. The molecule has 0 saturated carbocycles. The van der Waals surface area contributed by atoms with Gasteiger partial charge >= 0.3 is 0 Å². The number of H-pyrrole nitrogens is 1. The second kappa shape index (κ2) is 3.03. The molecule has 0 unspecified atom stereocenters. The van der Waals surface area contributed by atoms with Crippen molar-refractivity contribution in [3.8, 4) is 11.6 Å². The molecule has 0 fully saturated rings. The van der Waals surface area contributed by atoms with E-state index in [4.69, 9.17) is 16.0 Å². The van der Waals surface area contributed by atoms with Gasteiger partial charge in [-0.2, -0.15) is 0 Å². The molecule has 0 aliphatic rings. The van der Waals surface area contributed by atoms with E-state index in [2.05, 4.69) is 9.97 Å². The number of furan rings is 1. The average molecular weight is 183 g/mol. The molecular weight excluding hydrogens is 176 g/mol. The van der Waals surface area contributed by atoms with Crippen molar-refractivity contribution in [2.24, 2.45) is 0 Å². The van der Waals surface area contributed by atoms with Crippen LogP contribution in [-0.4, -0.2) is 9.97 Å². The van der Waals surface area contributed by atoms with Gasteiger partial charge in [0.05, 0.1) is 17.8 Å². The van der Waals surface area contributed by atoms with Crippen LogP contribution in [0, 0.1) is 0 Å². The van der Waals surface area contributed by atoms with E-state index in [1.54, 1.807) is 12.5 Å². The van der Waals surface area contributed by atoms with Crippen LogP contribution >= 0.6 is 11.6 Å². The molecule has 0 saturated heterocycles. The fraction of sp³-hybridized carbons (Fsp3) is 0.125. The van der Waals surface area contributed by atoms with Gasteiger partial charge in [-0.3, -0.25) is 0 Å². The molecular formula is C8H7ClN2O. The number of aromatic amines is 1. The van der Waals surface area contributed by atoms with Crippen molar-refractivity contribution in [2.45, 2.75) is 5.88 Å². The highest BCUT2D eigenvalue weighted by atomic mass is 35.5. The van der Waals surface area contributed by atoms with E-state index in [1.807, 2.05) is 12.1 Å². The number of nitrogens with zero attached hydrogens (tertiary/aromatic N) is 1. The zero-order chi connectivity index (χ0) is 8.39. The Morgan fingerprint density at radius 2 is 2.50 bits per heavy atom. The summed E-state index contributed by atoms with van der Waals surface area (Å²) in [6, 6.07) is 3.66. The van der Waals surface area contributed by atoms with E-state index in [9.17, 15) is 0 Å². The van der Waals surface area contributed by atoms with Crippen LogP contribution in [-0.2, 0) is 5.88 Å². The predicted octanol–water partition coefficient (Wildman–Crippen LogP) is 2.41. The minimum Gasteiger partial charge on any atom is -0.461 e. The third kappa shape index (κ3) is 1.23. The Bertz CT molecular complexity index is 353. The first-order valence-electron chi connectivity index (χ1n) is 3.54. The molecule has 62 valence electrons. The first-order chi connectivity index (χ1) is 5.90. The second-order valence-electron chi connectivity index (χ2n) is 2.37. The first kappa shape index (κ1) is 7.43. The second-order valence-corrected chi connectivity index (χ2v) is 2.64. The van der Waals surface area contributed by atoms with E-state index in [-0.39, 0.29) is 0 Å². The maximum Gasteiger partial charge on any atom is 0.173 e. The lowest BCUT2D eigenvalue weighted by molar-refractivity contribution is 0.578. The molecule has 2 aromatic rings. The monoisotopic (exact) mass is 182 g/mol. The Balaban J connectivity index is 2.35. The normalized spacial score (nSPS) is 10.4. The van der Waals surface area contributed by atoms with Gasteiger partial charge in [-0.15, -0.1) is 11.6 Å². The summed E-state index contributed by atoms with van der Waals surface area (Å²) in [6.45, 7) is 0. The van der Waals surface area contributed by atoms with Crippen LogP contribution in [0.4, 0.5) is 0 Å². The summed E-state index contributed by atoms with van der Waals surface area (Å²) < 4.78 is 5.14. The quantitative estimate of drug-likeness (QED) is 0.725. The van der Waals surface area contributed by atoms with E-state index >= 15 is 0 Å². The van der Waals surface area contributed by atoms with Crippen LogP contribution in [0.15, 0.2) is 29.0 Å². The van der Waals surface area contributed by atoms with Gasteiger partial charge in [0, 0.05) is 6.20 Å². The Morgan fingerprint density at radius 3 is 3.08 bits per heavy atom. The number of halogens is 1. The van der Waals surface area contributed by atoms with Gasteiger partial charge in [0.2, 0.25) is 0 Å². The molecule has 1 N–H and O–H groups in total. The molecule has 3 nitrogen and oxygen atoms in total. The zero-order valence-corrected chi connectivity index (χ0v) is 7.01. The van der Waals surface area contributed by atoms with E-state index in [1.165, 1.54) is 0 Å². The van der Waals surface area contributed by atoms with Gasteiger partial charge in [-0.05, 0) is 12.1 Å². The SMILES string of the molecule is ClCc1cnc(-c2ccco2)[nH]1. The number of alkyl halides is 1. The summed E-state index contributed by atoms with van der Waals surface area (Å²) in [5.74, 6) is 1.88. The Labute approximate surface area is 74.4 Å². The number of nitrogens with one attached hydrogen (secondary N) is 1. The molecule has 12 heavy (non-hydrogen) atoms. The lowest BCUT2D eigenvalue weighted by Gasteiger charge is -1.87. The van der Waals surface area contributed by atoms with Gasteiger partial charge in [0.25, 0.3) is 0 Å². The molecule has 0 atom stereocenters. The molecule has 0 aromatic carbocycles. The van der Waals surface area contributed by atoms with Crippen molar-refractivity contribution in [1.29, 1.82) is 0 Å². The van der Waals surface area contributed by atoms with Crippen LogP contribution in [0.2, 0.25) is 0 Å². The van der Waals surface area contributed by atoms with Crippen molar-refractivity contribution >= 4 is 11.6 Å². The number of imidazole rings is 1. The Hall–Kier alpha value is -1.22. The molecule has 0 radical (unpaired) electrons. The lowest BCUT2D eigenvalue weighted by Crippen LogP contribution is -1.77. The Morgan fingerprint density at radius 1 is 1.58 bits per heavy atom. The van der Waals surface area contributed by atoms with E-state index < -0.39 is 0 Å². The minimum absolute atomic E-state index is 0.438. The average Bonchev–Trinajstić information content (AvgIpc) is 2.75. The summed E-state index contributed by atoms with van der Waals surface area (Å²) in [5.41, 5.74) is 0.892. The fourth-order valence-corrected chi connectivity index (χ4v) is 1.10. The highest BCUT2D eigenvalue weighted by Gasteiger charge is 2.03. The first-order valence-corrected chi connectivity index (χ1v) is 4.07. The van der Waals surface area contributed by atoms with Crippen LogP contribution in [0.1, 0.15) is 5.69 Å². The summed E-state index contributed by atoms with van der Waals surface area (Å²) in [7, 11) is 0. The van der Waals surface area contributed by atoms with Crippen LogP contribution in [0.5, 0.6) is 0 Å². The zero-order valence-electron chi connectivity index (χ0n) is 6.25. The van der Waals surface area contributed by atoms with Gasteiger partial charge < -0.3 is 9.40 Å². The summed E-state index contributed by atoms with van der Waals surface area (Å²) in [6.07, 6.45) is 3.31. The van der Waals surface area contributed by atoms with Crippen molar-refractivity contribution in [1.82, 2.24) is 9.97 Å². The predicted molar refractivity (Wildman–Crippen MR) is 45.8 cm³/mol. The minimum atomic E-state index is 0.438. The molecule has 2 heterocycles. The molecule has 2 aromatic heterocycles. The van der Waals surface area contributed by atoms with E-state index in [0.29, 0.717) is 5.88 Å². The van der Waals surface area contributed by atoms with Gasteiger partial charge in [0.15, 0.2) is 11.6 Å². The third-order valence-electron chi connectivity index (χ3n) is 1.53. The van der Waals surface area contributed by atoms with Crippen LogP contribution in [0.25, 0.3) is 11.6 Å². The maximum atomic E-state index is 5.60. The van der Waals surface area contributed by atoms with Crippen molar-refractivity contribution in [3.63, 3.8) is 0 Å². The van der Waals surface area contributed by atoms with Crippen molar-refractivity contribution in [2.75, 3.05) is 0 Å². The topological polar surface area (TPSA) is 41.8 Å². The lowest BCUT2D eigenvalue weighted by atomic mass is 10.4. The molecule has 0 aliphatic heterocycles. The molecule has 0 aliphatic carbocycles. The summed E-state index contributed by atoms with van der Waals surface area (Å²) >= 11 is 5.60. The fourth-order valence-electron chi connectivity index (χ4n) is 0.966. The largest absolute Gasteiger partial charge is 0.461 e. The smallest absolute Gasteiger partial charge is 0.173 e. The highest BCUT2D eigenvalue weighted by Crippen LogP contribution is 2.15. The standard InChI is InChI=1S/C8H7ClN2O/c9-4-6-5-10-8(11-6)7-2-1-3-12-7/h1-3,5H,4H2,(H,10,11). The van der Waals surface area contributed by atoms with Gasteiger partial charge in [-0.1, -0.05) is 0 Å². The Kier molecular flexibility index (Phi) is 1.87. The van der Waals surface area contributed by atoms with E-state index in [0.717, 1.165) is 17.3 Å². The van der Waals surface area contributed by atoms with Gasteiger partial charge in [0.1, 0.15) is 0 Å². The summed E-state index contributed by atoms with van der Waals surface area (Å²) in [5, 5.41) is 0. The van der Waals surface area contributed by atoms with Crippen LogP contribution < -0.4 is 0 Å². The number of hydrogen-bond donors (Lipinski definition) is 1. The number of aromatic nitrogens is 2. The third-order valence-corrected chi connectivity index (χ3v) is 1.81. The van der Waals surface area contributed by atoms with Crippen LogP contribution in [0.3, 0.4) is 0 Å². The molecule has 0 amide bonds. The number of hydrogen-bond acceptors (Lipinski definition) is 2. The molecule has 0 spiro atoms. The maximum absolute atomic E-state index is 5.60. The highest BCUT2D eigenvalue weighted by molar-refractivity contribution is 6.16. The van der Waals surface area contributed by atoms with Crippen molar-refractivity contribution in [3.05, 3.63) is 30.3 Å². The van der Waals surface area contributed by atoms with Crippen molar-refractivity contribution < 1.29 is 4.42 Å². The number of rotatable bonds is 2.